The molecule has 0 atom stereocenters. The van der Waals surface area contributed by atoms with Crippen LogP contribution >= 0.6 is 11.6 Å². The minimum atomic E-state index is -0.104. The topological polar surface area (TPSA) is 61.9 Å². The SMILES string of the molecule is CN(Cc1cccnc1)C(=O)c1cn[nH]c1-c1ccc(Cl)cc1. The molecule has 3 aromatic rings. The summed E-state index contributed by atoms with van der Waals surface area (Å²) in [6.45, 7) is 0.484. The van der Waals surface area contributed by atoms with E-state index in [4.69, 9.17) is 11.6 Å². The Morgan fingerprint density at radius 1 is 1.22 bits per heavy atom. The molecule has 1 N–H and O–H groups in total. The van der Waals surface area contributed by atoms with Crippen molar-refractivity contribution < 1.29 is 4.79 Å². The van der Waals surface area contributed by atoms with Gasteiger partial charge in [-0.2, -0.15) is 5.10 Å². The molecule has 2 heterocycles. The first-order valence-corrected chi connectivity index (χ1v) is 7.46. The lowest BCUT2D eigenvalue weighted by atomic mass is 10.1. The maximum absolute atomic E-state index is 12.7. The van der Waals surface area contributed by atoms with Gasteiger partial charge in [-0.05, 0) is 23.8 Å². The van der Waals surface area contributed by atoms with E-state index in [9.17, 15) is 4.79 Å². The summed E-state index contributed by atoms with van der Waals surface area (Å²) >= 11 is 5.91. The third-order valence-corrected chi connectivity index (χ3v) is 3.74. The van der Waals surface area contributed by atoms with Crippen molar-refractivity contribution in [3.63, 3.8) is 0 Å². The summed E-state index contributed by atoms with van der Waals surface area (Å²) in [4.78, 5) is 18.4. The highest BCUT2D eigenvalue weighted by Gasteiger charge is 2.19. The van der Waals surface area contributed by atoms with Crippen LogP contribution in [0.2, 0.25) is 5.02 Å². The lowest BCUT2D eigenvalue weighted by Crippen LogP contribution is -2.26. The van der Waals surface area contributed by atoms with Gasteiger partial charge in [0.25, 0.3) is 5.91 Å². The van der Waals surface area contributed by atoms with Crippen LogP contribution in [0, 0.1) is 0 Å². The summed E-state index contributed by atoms with van der Waals surface area (Å²) in [6.07, 6.45) is 5.01. The molecule has 3 rings (SSSR count). The maximum Gasteiger partial charge on any atom is 0.257 e. The van der Waals surface area contributed by atoms with Crippen LogP contribution in [-0.4, -0.2) is 33.0 Å². The average Bonchev–Trinajstić information content (AvgIpc) is 3.05. The zero-order valence-corrected chi connectivity index (χ0v) is 13.3. The maximum atomic E-state index is 12.7. The van der Waals surface area contributed by atoms with Crippen LogP contribution in [0.4, 0.5) is 0 Å². The van der Waals surface area contributed by atoms with Gasteiger partial charge in [0, 0.05) is 36.6 Å². The van der Waals surface area contributed by atoms with Crippen LogP contribution in [0.3, 0.4) is 0 Å². The summed E-state index contributed by atoms with van der Waals surface area (Å²) < 4.78 is 0. The number of nitrogens with zero attached hydrogens (tertiary/aromatic N) is 3. The molecule has 23 heavy (non-hydrogen) atoms. The predicted molar refractivity (Wildman–Crippen MR) is 89.1 cm³/mol. The number of nitrogens with one attached hydrogen (secondary N) is 1. The predicted octanol–water partition coefficient (Wildman–Crippen LogP) is 3.40. The molecule has 0 aliphatic heterocycles. The van der Waals surface area contributed by atoms with E-state index in [1.165, 1.54) is 0 Å². The van der Waals surface area contributed by atoms with Crippen LogP contribution < -0.4 is 0 Å². The zero-order chi connectivity index (χ0) is 16.2. The Balaban J connectivity index is 1.83. The Morgan fingerprint density at radius 3 is 2.70 bits per heavy atom. The fourth-order valence-electron chi connectivity index (χ4n) is 2.33. The Kier molecular flexibility index (Phi) is 4.39. The Labute approximate surface area is 138 Å². The smallest absolute Gasteiger partial charge is 0.257 e. The highest BCUT2D eigenvalue weighted by molar-refractivity contribution is 6.30. The van der Waals surface area contributed by atoms with Crippen molar-refractivity contribution >= 4 is 17.5 Å². The Morgan fingerprint density at radius 2 is 2.00 bits per heavy atom. The first-order valence-electron chi connectivity index (χ1n) is 7.09. The number of amides is 1. The van der Waals surface area contributed by atoms with E-state index >= 15 is 0 Å². The quantitative estimate of drug-likeness (QED) is 0.799. The zero-order valence-electron chi connectivity index (χ0n) is 12.5. The van der Waals surface area contributed by atoms with E-state index in [1.807, 2.05) is 24.3 Å². The van der Waals surface area contributed by atoms with Crippen molar-refractivity contribution in [2.45, 2.75) is 6.54 Å². The molecular weight excluding hydrogens is 312 g/mol. The van der Waals surface area contributed by atoms with Gasteiger partial charge in [-0.1, -0.05) is 29.8 Å². The summed E-state index contributed by atoms with van der Waals surface area (Å²) in [5.41, 5.74) is 3.05. The number of rotatable bonds is 4. The molecule has 6 heteroatoms. The molecule has 116 valence electrons. The number of aromatic nitrogens is 3. The van der Waals surface area contributed by atoms with Gasteiger partial charge in [-0.25, -0.2) is 0 Å². The van der Waals surface area contributed by atoms with Gasteiger partial charge in [0.15, 0.2) is 0 Å². The van der Waals surface area contributed by atoms with Gasteiger partial charge in [0.1, 0.15) is 0 Å². The van der Waals surface area contributed by atoms with Crippen molar-refractivity contribution in [2.75, 3.05) is 7.05 Å². The third kappa shape index (κ3) is 3.40. The number of benzene rings is 1. The fourth-order valence-corrected chi connectivity index (χ4v) is 2.45. The van der Waals surface area contributed by atoms with Crippen molar-refractivity contribution in [1.82, 2.24) is 20.1 Å². The molecule has 0 aliphatic rings. The molecule has 5 nitrogen and oxygen atoms in total. The van der Waals surface area contributed by atoms with Crippen LogP contribution in [0.1, 0.15) is 15.9 Å². The number of aromatic amines is 1. The Bertz CT molecular complexity index is 799. The minimum absolute atomic E-state index is 0.104. The van der Waals surface area contributed by atoms with Gasteiger partial charge in [-0.3, -0.25) is 14.9 Å². The second-order valence-electron chi connectivity index (χ2n) is 5.19. The van der Waals surface area contributed by atoms with E-state index < -0.39 is 0 Å². The van der Waals surface area contributed by atoms with Gasteiger partial charge in [0.05, 0.1) is 17.5 Å². The monoisotopic (exact) mass is 326 g/mol. The van der Waals surface area contributed by atoms with E-state index in [2.05, 4.69) is 15.2 Å². The molecule has 1 amide bonds. The first-order chi connectivity index (χ1) is 11.1. The molecule has 0 spiro atoms. The van der Waals surface area contributed by atoms with E-state index in [0.29, 0.717) is 22.8 Å². The van der Waals surface area contributed by atoms with E-state index in [0.717, 1.165) is 11.1 Å². The van der Waals surface area contributed by atoms with Crippen molar-refractivity contribution in [2.24, 2.45) is 0 Å². The van der Waals surface area contributed by atoms with Crippen LogP contribution in [0.15, 0.2) is 55.0 Å². The van der Waals surface area contributed by atoms with Gasteiger partial charge in [0.2, 0.25) is 0 Å². The second-order valence-corrected chi connectivity index (χ2v) is 5.62. The number of H-pyrrole nitrogens is 1. The fraction of sp³-hybridized carbons (Fsp3) is 0.118. The molecule has 0 saturated heterocycles. The molecule has 2 aromatic heterocycles. The molecule has 0 radical (unpaired) electrons. The second kappa shape index (κ2) is 6.62. The third-order valence-electron chi connectivity index (χ3n) is 3.49. The van der Waals surface area contributed by atoms with Gasteiger partial charge >= 0.3 is 0 Å². The summed E-state index contributed by atoms with van der Waals surface area (Å²) in [5.74, 6) is -0.104. The number of pyridine rings is 1. The molecule has 1 aromatic carbocycles. The minimum Gasteiger partial charge on any atom is -0.337 e. The van der Waals surface area contributed by atoms with Crippen LogP contribution in [0.5, 0.6) is 0 Å². The van der Waals surface area contributed by atoms with E-state index in [1.54, 1.807) is 42.7 Å². The summed E-state index contributed by atoms with van der Waals surface area (Å²) in [5, 5.41) is 7.55. The standard InChI is InChI=1S/C17H15ClN4O/c1-22(11-12-3-2-8-19-9-12)17(23)15-10-20-21-16(15)13-4-6-14(18)7-5-13/h2-10H,11H2,1H3,(H,20,21). The summed E-state index contributed by atoms with van der Waals surface area (Å²) in [7, 11) is 1.76. The van der Waals surface area contributed by atoms with Crippen molar-refractivity contribution in [3.05, 3.63) is 71.1 Å². The highest BCUT2D eigenvalue weighted by Crippen LogP contribution is 2.24. The lowest BCUT2D eigenvalue weighted by Gasteiger charge is -2.17. The Hall–Kier alpha value is -2.66. The first kappa shape index (κ1) is 15.2. The molecule has 0 saturated carbocycles. The largest absolute Gasteiger partial charge is 0.337 e. The molecule has 0 unspecified atom stereocenters. The molecule has 0 bridgehead atoms. The molecule has 0 aliphatic carbocycles. The number of carbonyl (C=O) groups is 1. The molecular formula is C17H15ClN4O. The van der Waals surface area contributed by atoms with Crippen molar-refractivity contribution in [1.29, 1.82) is 0 Å². The summed E-state index contributed by atoms with van der Waals surface area (Å²) in [6, 6.07) is 11.1. The average molecular weight is 327 g/mol. The normalized spacial score (nSPS) is 10.5. The van der Waals surface area contributed by atoms with Gasteiger partial charge in [-0.15, -0.1) is 0 Å². The number of hydrogen-bond acceptors (Lipinski definition) is 3. The van der Waals surface area contributed by atoms with E-state index in [-0.39, 0.29) is 5.91 Å². The lowest BCUT2D eigenvalue weighted by molar-refractivity contribution is 0.0786. The highest BCUT2D eigenvalue weighted by atomic mass is 35.5. The number of carbonyl (C=O) groups excluding carboxylic acids is 1. The number of hydrogen-bond donors (Lipinski definition) is 1. The van der Waals surface area contributed by atoms with Crippen molar-refractivity contribution in [3.8, 4) is 11.3 Å². The number of halogens is 1. The van der Waals surface area contributed by atoms with Crippen LogP contribution in [0.25, 0.3) is 11.3 Å². The van der Waals surface area contributed by atoms with Gasteiger partial charge < -0.3 is 4.90 Å². The molecule has 0 fully saturated rings. The van der Waals surface area contributed by atoms with Crippen LogP contribution in [-0.2, 0) is 6.54 Å².